The Kier molecular flexibility index (Phi) is 5.42. The fourth-order valence-electron chi connectivity index (χ4n) is 2.43. The van der Waals surface area contributed by atoms with E-state index in [2.05, 4.69) is 39.4 Å². The quantitative estimate of drug-likeness (QED) is 0.695. The van der Waals surface area contributed by atoms with Gasteiger partial charge in [0, 0.05) is 10.0 Å². The van der Waals surface area contributed by atoms with Gasteiger partial charge in [0.25, 0.3) is 0 Å². The molecule has 0 aliphatic carbocycles. The van der Waals surface area contributed by atoms with Gasteiger partial charge in [-0.25, -0.2) is 4.39 Å². The minimum Gasteiger partial charge on any atom is -0.306 e. The third-order valence-corrected chi connectivity index (χ3v) is 4.79. The van der Waals surface area contributed by atoms with E-state index in [-0.39, 0.29) is 16.9 Å². The molecule has 1 N–H and O–H groups in total. The van der Waals surface area contributed by atoms with Gasteiger partial charge in [-0.3, -0.25) is 0 Å². The summed E-state index contributed by atoms with van der Waals surface area (Å²) in [6.07, 6.45) is 0. The molecular formula is C17H18BrClFN. The van der Waals surface area contributed by atoms with Crippen LogP contribution in [0.3, 0.4) is 0 Å². The van der Waals surface area contributed by atoms with Gasteiger partial charge in [0.1, 0.15) is 5.82 Å². The first-order chi connectivity index (χ1) is 9.95. The van der Waals surface area contributed by atoms with Crippen molar-refractivity contribution in [2.24, 2.45) is 0 Å². The lowest BCUT2D eigenvalue weighted by atomic mass is 9.93. The summed E-state index contributed by atoms with van der Waals surface area (Å²) in [5.41, 5.74) is 3.93. The van der Waals surface area contributed by atoms with E-state index in [1.807, 2.05) is 20.8 Å². The van der Waals surface area contributed by atoms with E-state index < -0.39 is 0 Å². The number of halogens is 3. The second-order valence-corrected chi connectivity index (χ2v) is 6.35. The molecule has 4 heteroatoms. The molecule has 2 rings (SSSR count). The smallest absolute Gasteiger partial charge is 0.148 e. The van der Waals surface area contributed by atoms with Crippen LogP contribution in [0.2, 0.25) is 5.02 Å². The van der Waals surface area contributed by atoms with Gasteiger partial charge in [0.15, 0.2) is 0 Å². The van der Waals surface area contributed by atoms with Crippen molar-refractivity contribution in [3.05, 3.63) is 67.9 Å². The Hall–Kier alpha value is -0.900. The van der Waals surface area contributed by atoms with Gasteiger partial charge in [0.05, 0.1) is 11.1 Å². The predicted octanol–water partition coefficient (Wildman–Crippen LogP) is 5.56. The predicted molar refractivity (Wildman–Crippen MR) is 90.5 cm³/mol. The van der Waals surface area contributed by atoms with Gasteiger partial charge in [-0.1, -0.05) is 48.4 Å². The van der Waals surface area contributed by atoms with Crippen LogP contribution in [0.25, 0.3) is 0 Å². The van der Waals surface area contributed by atoms with E-state index in [0.29, 0.717) is 10.0 Å². The molecule has 21 heavy (non-hydrogen) atoms. The number of hydrogen-bond donors (Lipinski definition) is 1. The van der Waals surface area contributed by atoms with Crippen LogP contribution in [-0.2, 0) is 0 Å². The lowest BCUT2D eigenvalue weighted by Gasteiger charge is -2.22. The summed E-state index contributed by atoms with van der Waals surface area (Å²) in [5.74, 6) is -0.377. The van der Waals surface area contributed by atoms with E-state index in [1.54, 1.807) is 12.1 Å². The first-order valence-electron chi connectivity index (χ1n) is 6.89. The summed E-state index contributed by atoms with van der Waals surface area (Å²) in [7, 11) is 0. The zero-order chi connectivity index (χ0) is 15.6. The van der Waals surface area contributed by atoms with Gasteiger partial charge in [-0.15, -0.1) is 0 Å². The third-order valence-electron chi connectivity index (χ3n) is 3.53. The summed E-state index contributed by atoms with van der Waals surface area (Å²) < 4.78 is 15.1. The molecule has 0 amide bonds. The highest BCUT2D eigenvalue weighted by atomic mass is 79.9. The van der Waals surface area contributed by atoms with Gasteiger partial charge < -0.3 is 5.32 Å². The molecule has 0 radical (unpaired) electrons. The van der Waals surface area contributed by atoms with Crippen molar-refractivity contribution < 1.29 is 4.39 Å². The molecule has 0 saturated carbocycles. The van der Waals surface area contributed by atoms with Crippen molar-refractivity contribution in [3.8, 4) is 0 Å². The van der Waals surface area contributed by atoms with Crippen molar-refractivity contribution in [1.82, 2.24) is 5.32 Å². The second kappa shape index (κ2) is 6.91. The molecule has 2 aromatic rings. The first-order valence-corrected chi connectivity index (χ1v) is 8.06. The Morgan fingerprint density at radius 3 is 2.57 bits per heavy atom. The number of aryl methyl sites for hydroxylation is 2. The third kappa shape index (κ3) is 3.47. The highest BCUT2D eigenvalue weighted by Crippen LogP contribution is 2.34. The highest BCUT2D eigenvalue weighted by Gasteiger charge is 2.21. The summed E-state index contributed by atoms with van der Waals surface area (Å²) in [6, 6.07) is 9.58. The molecule has 1 atom stereocenters. The molecule has 0 bridgehead atoms. The zero-order valence-corrected chi connectivity index (χ0v) is 14.6. The van der Waals surface area contributed by atoms with E-state index in [9.17, 15) is 4.39 Å². The topological polar surface area (TPSA) is 12.0 Å². The summed E-state index contributed by atoms with van der Waals surface area (Å²) in [5, 5.41) is 3.48. The Labute approximate surface area is 138 Å². The molecule has 1 unspecified atom stereocenters. The molecule has 112 valence electrons. The minimum atomic E-state index is -0.377. The molecule has 0 aliphatic rings. The normalized spacial score (nSPS) is 12.5. The van der Waals surface area contributed by atoms with Crippen molar-refractivity contribution in [2.45, 2.75) is 26.8 Å². The van der Waals surface area contributed by atoms with Crippen molar-refractivity contribution >= 4 is 27.5 Å². The number of benzene rings is 2. The Morgan fingerprint density at radius 1 is 1.19 bits per heavy atom. The standard InChI is InChI=1S/C17H18BrClFN/c1-4-21-17(13-9-10(2)5-6-11(13)3)12-7-8-14(18)15(19)16(12)20/h5-9,17,21H,4H2,1-3H3. The monoisotopic (exact) mass is 369 g/mol. The summed E-state index contributed by atoms with van der Waals surface area (Å²) in [4.78, 5) is 0. The van der Waals surface area contributed by atoms with Crippen LogP contribution in [0.15, 0.2) is 34.8 Å². The average molecular weight is 371 g/mol. The average Bonchev–Trinajstić information content (AvgIpc) is 2.46. The van der Waals surface area contributed by atoms with E-state index in [1.165, 1.54) is 0 Å². The summed E-state index contributed by atoms with van der Waals surface area (Å²) in [6.45, 7) is 6.83. The number of rotatable bonds is 4. The van der Waals surface area contributed by atoms with E-state index in [0.717, 1.165) is 23.2 Å². The van der Waals surface area contributed by atoms with Crippen LogP contribution < -0.4 is 5.32 Å². The number of nitrogens with one attached hydrogen (secondary N) is 1. The molecule has 2 aromatic carbocycles. The number of hydrogen-bond acceptors (Lipinski definition) is 1. The Balaban J connectivity index is 2.59. The van der Waals surface area contributed by atoms with Crippen LogP contribution in [0.5, 0.6) is 0 Å². The molecule has 0 saturated heterocycles. The molecule has 0 fully saturated rings. The zero-order valence-electron chi connectivity index (χ0n) is 12.3. The van der Waals surface area contributed by atoms with Crippen molar-refractivity contribution in [1.29, 1.82) is 0 Å². The maximum Gasteiger partial charge on any atom is 0.148 e. The maximum absolute atomic E-state index is 14.6. The Morgan fingerprint density at radius 2 is 1.90 bits per heavy atom. The second-order valence-electron chi connectivity index (χ2n) is 5.12. The maximum atomic E-state index is 14.6. The van der Waals surface area contributed by atoms with Crippen LogP contribution in [0.1, 0.15) is 35.2 Å². The molecular weight excluding hydrogens is 353 g/mol. The fraction of sp³-hybridized carbons (Fsp3) is 0.294. The van der Waals surface area contributed by atoms with E-state index >= 15 is 0 Å². The van der Waals surface area contributed by atoms with Crippen molar-refractivity contribution in [2.75, 3.05) is 6.54 Å². The van der Waals surface area contributed by atoms with Crippen LogP contribution in [-0.4, -0.2) is 6.54 Å². The summed E-state index contributed by atoms with van der Waals surface area (Å²) >= 11 is 9.29. The molecule has 0 aliphatic heterocycles. The van der Waals surface area contributed by atoms with Crippen LogP contribution in [0.4, 0.5) is 4.39 Å². The van der Waals surface area contributed by atoms with Crippen LogP contribution >= 0.6 is 27.5 Å². The minimum absolute atomic E-state index is 0.126. The lowest BCUT2D eigenvalue weighted by Crippen LogP contribution is -2.24. The van der Waals surface area contributed by atoms with E-state index in [4.69, 9.17) is 11.6 Å². The van der Waals surface area contributed by atoms with Gasteiger partial charge in [-0.05, 0) is 53.5 Å². The lowest BCUT2D eigenvalue weighted by molar-refractivity contribution is 0.557. The van der Waals surface area contributed by atoms with Gasteiger partial charge >= 0.3 is 0 Å². The largest absolute Gasteiger partial charge is 0.306 e. The SMILES string of the molecule is CCNC(c1cc(C)ccc1C)c1ccc(Br)c(Cl)c1F. The molecule has 0 aromatic heterocycles. The first kappa shape index (κ1) is 16.5. The Bertz CT molecular complexity index is 657. The molecule has 1 nitrogen and oxygen atoms in total. The van der Waals surface area contributed by atoms with Gasteiger partial charge in [-0.2, -0.15) is 0 Å². The van der Waals surface area contributed by atoms with Crippen molar-refractivity contribution in [3.63, 3.8) is 0 Å². The molecule has 0 spiro atoms. The fourth-order valence-corrected chi connectivity index (χ4v) is 2.90. The van der Waals surface area contributed by atoms with Crippen LogP contribution in [0, 0.1) is 19.7 Å². The van der Waals surface area contributed by atoms with Gasteiger partial charge in [0.2, 0.25) is 0 Å². The highest BCUT2D eigenvalue weighted by molar-refractivity contribution is 9.10. The molecule has 0 heterocycles.